The van der Waals surface area contributed by atoms with Gasteiger partial charge in [0.15, 0.2) is 5.78 Å². The van der Waals surface area contributed by atoms with Crippen molar-refractivity contribution in [3.05, 3.63) is 29.7 Å². The van der Waals surface area contributed by atoms with Gasteiger partial charge in [-0.1, -0.05) is 0 Å². The lowest BCUT2D eigenvalue weighted by Gasteiger charge is -2.37. The van der Waals surface area contributed by atoms with Gasteiger partial charge in [0.25, 0.3) is 0 Å². The number of ketones is 1. The lowest BCUT2D eigenvalue weighted by Crippen LogP contribution is -2.48. The number of amides is 1. The Balaban J connectivity index is 1.89. The molecule has 0 radical (unpaired) electrons. The van der Waals surface area contributed by atoms with Crippen LogP contribution in [0.4, 0.5) is 9.59 Å². The number of piperidine rings is 1. The van der Waals surface area contributed by atoms with Gasteiger partial charge < -0.3 is 14.4 Å². The van der Waals surface area contributed by atoms with Gasteiger partial charge in [-0.15, -0.1) is 0 Å². The molecule has 0 aromatic carbocycles. The van der Waals surface area contributed by atoms with Crippen molar-refractivity contribution >= 4 is 28.9 Å². The molecule has 1 amide bonds. The average Bonchev–Trinajstić information content (AvgIpc) is 2.96. The van der Waals surface area contributed by atoms with Crippen LogP contribution in [-0.4, -0.2) is 56.2 Å². The highest BCUT2D eigenvalue weighted by molar-refractivity contribution is 6.12. The number of hydrogen-bond donors (Lipinski definition) is 0. The maximum atomic E-state index is 13.7. The number of hydrogen-bond acceptors (Lipinski definition) is 6. The number of carbonyl (C=O) groups excluding carboxylic acids is 3. The second-order valence-electron chi connectivity index (χ2n) is 10.8. The molecule has 3 rings (SSSR count). The minimum absolute atomic E-state index is 0.0262. The van der Waals surface area contributed by atoms with E-state index in [4.69, 9.17) is 9.47 Å². The summed E-state index contributed by atoms with van der Waals surface area (Å²) in [4.78, 5) is 45.0. The molecule has 0 bridgehead atoms. The molecule has 1 aliphatic heterocycles. The molecule has 1 saturated heterocycles. The third kappa shape index (κ3) is 5.37. The molecule has 1 aliphatic rings. The summed E-state index contributed by atoms with van der Waals surface area (Å²) >= 11 is 0. The molecule has 2 aromatic rings. The molecular weight excluding hydrogens is 422 g/mol. The first kappa shape index (κ1) is 24.7. The molecular formula is C25H35N3O5. The standard InChI is InChI=1S/C25H35N3O5/c1-15-13-17(10-12-27(15)22(30)32-24(3,4)5)21(29)20-16(2)28(23(31)33-25(6,7)8)19-14-26-11-9-18(19)20/h9,11,14-15,17H,10,12-13H2,1-8H3/t15-,17-/m0/s1. The van der Waals surface area contributed by atoms with Gasteiger partial charge in [0, 0.05) is 41.3 Å². The lowest BCUT2D eigenvalue weighted by molar-refractivity contribution is 0.00732. The topological polar surface area (TPSA) is 90.7 Å². The van der Waals surface area contributed by atoms with Crippen LogP contribution >= 0.6 is 0 Å². The van der Waals surface area contributed by atoms with Crippen molar-refractivity contribution in [3.8, 4) is 0 Å². The van der Waals surface area contributed by atoms with E-state index in [1.807, 2.05) is 27.7 Å². The molecule has 1 fully saturated rings. The third-order valence-electron chi connectivity index (χ3n) is 5.70. The molecule has 3 heterocycles. The summed E-state index contributed by atoms with van der Waals surface area (Å²) in [7, 11) is 0. The zero-order valence-electron chi connectivity index (χ0n) is 20.9. The summed E-state index contributed by atoms with van der Waals surface area (Å²) < 4.78 is 12.5. The monoisotopic (exact) mass is 457 g/mol. The highest BCUT2D eigenvalue weighted by Gasteiger charge is 2.37. The van der Waals surface area contributed by atoms with Crippen LogP contribution in [-0.2, 0) is 9.47 Å². The number of fused-ring (bicyclic) bond motifs is 1. The fourth-order valence-corrected chi connectivity index (χ4v) is 4.32. The molecule has 0 aliphatic carbocycles. The Kier molecular flexibility index (Phi) is 6.60. The molecule has 0 spiro atoms. The molecule has 33 heavy (non-hydrogen) atoms. The normalized spacial score (nSPS) is 19.5. The van der Waals surface area contributed by atoms with Crippen LogP contribution in [0.1, 0.15) is 77.4 Å². The number of rotatable bonds is 2. The summed E-state index contributed by atoms with van der Waals surface area (Å²) in [5, 5.41) is 0.681. The van der Waals surface area contributed by atoms with Gasteiger partial charge in [0.05, 0.1) is 11.7 Å². The summed E-state index contributed by atoms with van der Waals surface area (Å²) in [5.74, 6) is -0.287. The zero-order chi connectivity index (χ0) is 24.7. The smallest absolute Gasteiger partial charge is 0.419 e. The first-order valence-electron chi connectivity index (χ1n) is 11.4. The fourth-order valence-electron chi connectivity index (χ4n) is 4.32. The number of nitrogens with zero attached hydrogens (tertiary/aromatic N) is 3. The van der Waals surface area contributed by atoms with Crippen molar-refractivity contribution < 1.29 is 23.9 Å². The van der Waals surface area contributed by atoms with E-state index in [0.29, 0.717) is 41.5 Å². The maximum Gasteiger partial charge on any atom is 0.419 e. The Morgan fingerprint density at radius 2 is 1.64 bits per heavy atom. The van der Waals surface area contributed by atoms with Crippen molar-refractivity contribution in [1.82, 2.24) is 14.5 Å². The summed E-state index contributed by atoms with van der Waals surface area (Å²) in [6.45, 7) is 15.1. The van der Waals surface area contributed by atoms with Crippen LogP contribution in [0.3, 0.4) is 0 Å². The first-order valence-corrected chi connectivity index (χ1v) is 11.4. The van der Waals surface area contributed by atoms with Crippen LogP contribution in [0, 0.1) is 12.8 Å². The number of carbonyl (C=O) groups is 3. The van der Waals surface area contributed by atoms with Crippen LogP contribution in [0.5, 0.6) is 0 Å². The fraction of sp³-hybridized carbons (Fsp3) is 0.600. The predicted molar refractivity (Wildman–Crippen MR) is 126 cm³/mol. The number of Topliss-reactive ketones (excluding diaryl/α,β-unsaturated/α-hetero) is 1. The largest absolute Gasteiger partial charge is 0.444 e. The van der Waals surface area contributed by atoms with Gasteiger partial charge in [0.1, 0.15) is 11.2 Å². The van der Waals surface area contributed by atoms with E-state index >= 15 is 0 Å². The number of aromatic nitrogens is 2. The van der Waals surface area contributed by atoms with Crippen molar-refractivity contribution in [2.75, 3.05) is 6.54 Å². The third-order valence-corrected chi connectivity index (χ3v) is 5.70. The van der Waals surface area contributed by atoms with E-state index in [2.05, 4.69) is 4.98 Å². The van der Waals surface area contributed by atoms with Crippen molar-refractivity contribution in [3.63, 3.8) is 0 Å². The maximum absolute atomic E-state index is 13.7. The second-order valence-corrected chi connectivity index (χ2v) is 10.8. The minimum Gasteiger partial charge on any atom is -0.444 e. The molecule has 0 unspecified atom stereocenters. The van der Waals surface area contributed by atoms with Gasteiger partial charge in [-0.2, -0.15) is 0 Å². The molecule has 8 heteroatoms. The Bertz CT molecular complexity index is 1070. The Hall–Kier alpha value is -2.90. The van der Waals surface area contributed by atoms with Gasteiger partial charge >= 0.3 is 12.2 Å². The summed E-state index contributed by atoms with van der Waals surface area (Å²) in [6, 6.07) is 1.62. The Labute approximate surface area is 195 Å². The van der Waals surface area contributed by atoms with Crippen LogP contribution in [0.15, 0.2) is 18.5 Å². The highest BCUT2D eigenvalue weighted by Crippen LogP contribution is 2.33. The zero-order valence-corrected chi connectivity index (χ0v) is 20.9. The van der Waals surface area contributed by atoms with E-state index in [9.17, 15) is 14.4 Å². The van der Waals surface area contributed by atoms with Crippen molar-refractivity contribution in [2.24, 2.45) is 5.92 Å². The molecule has 2 aromatic heterocycles. The molecule has 8 nitrogen and oxygen atoms in total. The average molecular weight is 458 g/mol. The number of ether oxygens (including phenoxy) is 2. The summed E-state index contributed by atoms with van der Waals surface area (Å²) in [6.07, 6.45) is 3.37. The van der Waals surface area contributed by atoms with E-state index in [-0.39, 0.29) is 23.8 Å². The van der Waals surface area contributed by atoms with E-state index < -0.39 is 17.3 Å². The quantitative estimate of drug-likeness (QED) is 0.565. The van der Waals surface area contributed by atoms with Crippen LogP contribution in [0.25, 0.3) is 10.9 Å². The number of pyridine rings is 1. The second kappa shape index (κ2) is 8.80. The van der Waals surface area contributed by atoms with Crippen molar-refractivity contribution in [1.29, 1.82) is 0 Å². The van der Waals surface area contributed by atoms with E-state index in [1.165, 1.54) is 4.57 Å². The molecule has 180 valence electrons. The molecule has 2 atom stereocenters. The summed E-state index contributed by atoms with van der Waals surface area (Å²) in [5.41, 5.74) is 0.363. The van der Waals surface area contributed by atoms with Gasteiger partial charge in [-0.05, 0) is 74.3 Å². The molecule has 0 N–H and O–H groups in total. The van der Waals surface area contributed by atoms with Gasteiger partial charge in [0.2, 0.25) is 0 Å². The van der Waals surface area contributed by atoms with E-state index in [1.54, 1.807) is 51.1 Å². The Morgan fingerprint density at radius 1 is 1.03 bits per heavy atom. The van der Waals surface area contributed by atoms with E-state index in [0.717, 1.165) is 0 Å². The van der Waals surface area contributed by atoms with Crippen LogP contribution < -0.4 is 0 Å². The van der Waals surface area contributed by atoms with Gasteiger partial charge in [-0.25, -0.2) is 14.2 Å². The predicted octanol–water partition coefficient (Wildman–Crippen LogP) is 5.35. The first-order chi connectivity index (χ1) is 15.2. The highest BCUT2D eigenvalue weighted by atomic mass is 16.6. The number of likely N-dealkylation sites (tertiary alicyclic amines) is 1. The lowest BCUT2D eigenvalue weighted by atomic mass is 9.85. The Morgan fingerprint density at radius 3 is 2.21 bits per heavy atom. The van der Waals surface area contributed by atoms with Crippen molar-refractivity contribution in [2.45, 2.75) is 85.5 Å². The SMILES string of the molecule is Cc1c(C(=O)[C@H]2CCN(C(=O)OC(C)(C)C)[C@@H](C)C2)c2ccncc2n1C(=O)OC(C)(C)C. The molecule has 0 saturated carbocycles. The van der Waals surface area contributed by atoms with Gasteiger partial charge in [-0.3, -0.25) is 9.78 Å². The minimum atomic E-state index is -0.670. The van der Waals surface area contributed by atoms with Crippen LogP contribution in [0.2, 0.25) is 0 Å².